The molecular formula is C12H13NO5. The Hall–Kier alpha value is -2.37. The zero-order chi connectivity index (χ0) is 13.7. The summed E-state index contributed by atoms with van der Waals surface area (Å²) in [6.07, 6.45) is 3.49. The Bertz CT molecular complexity index is 507. The lowest BCUT2D eigenvalue weighted by Gasteiger charge is -2.08. The average molecular weight is 251 g/mol. The van der Waals surface area contributed by atoms with E-state index in [0.29, 0.717) is 5.56 Å². The molecule has 6 heteroatoms. The van der Waals surface area contributed by atoms with E-state index in [1.807, 2.05) is 6.92 Å². The number of hydrogen-bond donors (Lipinski definition) is 1. The maximum absolute atomic E-state index is 10.9. The molecule has 6 nitrogen and oxygen atoms in total. The van der Waals surface area contributed by atoms with E-state index >= 15 is 0 Å². The van der Waals surface area contributed by atoms with Gasteiger partial charge in [-0.25, -0.2) is 4.79 Å². The first-order chi connectivity index (χ1) is 8.47. The van der Waals surface area contributed by atoms with E-state index in [2.05, 4.69) is 0 Å². The fraction of sp³-hybridized carbons (Fsp3) is 0.250. The predicted octanol–water partition coefficient (Wildman–Crippen LogP) is 2.56. The molecule has 0 bridgehead atoms. The zero-order valence-electron chi connectivity index (χ0n) is 10.0. The Morgan fingerprint density at radius 2 is 2.22 bits per heavy atom. The summed E-state index contributed by atoms with van der Waals surface area (Å²) in [5.74, 6) is -1.02. The van der Waals surface area contributed by atoms with E-state index in [1.165, 1.54) is 13.0 Å². The van der Waals surface area contributed by atoms with Crippen LogP contribution in [0.15, 0.2) is 24.3 Å². The molecule has 1 N–H and O–H groups in total. The zero-order valence-corrected chi connectivity index (χ0v) is 10.0. The van der Waals surface area contributed by atoms with Crippen LogP contribution in [0, 0.1) is 17.0 Å². The predicted molar refractivity (Wildman–Crippen MR) is 65.1 cm³/mol. The van der Waals surface area contributed by atoms with Gasteiger partial charge in [0.25, 0.3) is 5.69 Å². The quantitative estimate of drug-likeness (QED) is 0.493. The molecule has 1 aromatic carbocycles. The molecule has 0 amide bonds. The average Bonchev–Trinajstić information content (AvgIpc) is 2.30. The van der Waals surface area contributed by atoms with Gasteiger partial charge in [0.1, 0.15) is 12.4 Å². The van der Waals surface area contributed by atoms with Crippen molar-refractivity contribution in [1.82, 2.24) is 0 Å². The van der Waals surface area contributed by atoms with Crippen molar-refractivity contribution in [2.45, 2.75) is 13.8 Å². The minimum atomic E-state index is -1.23. The van der Waals surface area contributed by atoms with Crippen LogP contribution in [0.3, 0.4) is 0 Å². The fourth-order valence-corrected chi connectivity index (χ4v) is 1.37. The number of benzene rings is 1. The highest BCUT2D eigenvalue weighted by Crippen LogP contribution is 2.29. The lowest BCUT2D eigenvalue weighted by Crippen LogP contribution is -2.04. The molecule has 0 aliphatic heterocycles. The largest absolute Gasteiger partial charge is 0.489 e. The van der Waals surface area contributed by atoms with E-state index in [-0.39, 0.29) is 23.6 Å². The minimum Gasteiger partial charge on any atom is -0.489 e. The third-order valence-electron chi connectivity index (χ3n) is 2.35. The summed E-state index contributed by atoms with van der Waals surface area (Å²) in [6.45, 7) is 3.57. The molecule has 18 heavy (non-hydrogen) atoms. The topological polar surface area (TPSA) is 89.7 Å². The fourth-order valence-electron chi connectivity index (χ4n) is 1.37. The summed E-state index contributed by atoms with van der Waals surface area (Å²) in [6, 6.07) is 2.31. The van der Waals surface area contributed by atoms with Crippen molar-refractivity contribution in [2.24, 2.45) is 0 Å². The van der Waals surface area contributed by atoms with Crippen LogP contribution in [0.25, 0.3) is 0 Å². The lowest BCUT2D eigenvalue weighted by molar-refractivity contribution is -0.385. The summed E-state index contributed by atoms with van der Waals surface area (Å²) >= 11 is 0. The smallest absolute Gasteiger partial charge is 0.336 e. The molecule has 0 saturated carbocycles. The molecule has 0 radical (unpaired) electrons. The summed E-state index contributed by atoms with van der Waals surface area (Å²) in [5, 5.41) is 19.7. The molecule has 0 unspecified atom stereocenters. The van der Waals surface area contributed by atoms with Gasteiger partial charge in [-0.15, -0.1) is 0 Å². The molecule has 0 aliphatic carbocycles. The van der Waals surface area contributed by atoms with Crippen LogP contribution in [-0.4, -0.2) is 22.6 Å². The highest BCUT2D eigenvalue weighted by atomic mass is 16.6. The van der Waals surface area contributed by atoms with Crippen LogP contribution in [0.4, 0.5) is 5.69 Å². The van der Waals surface area contributed by atoms with Gasteiger partial charge < -0.3 is 9.84 Å². The van der Waals surface area contributed by atoms with E-state index in [9.17, 15) is 14.9 Å². The van der Waals surface area contributed by atoms with Crippen molar-refractivity contribution in [2.75, 3.05) is 6.61 Å². The Labute approximate surface area is 104 Å². The summed E-state index contributed by atoms with van der Waals surface area (Å²) < 4.78 is 5.30. The first kappa shape index (κ1) is 13.7. The Morgan fingerprint density at radius 3 is 2.72 bits per heavy atom. The molecule has 1 rings (SSSR count). The normalized spacial score (nSPS) is 10.6. The monoisotopic (exact) mass is 251 g/mol. The van der Waals surface area contributed by atoms with Gasteiger partial charge in [0.2, 0.25) is 0 Å². The number of carboxylic acids is 1. The van der Waals surface area contributed by atoms with E-state index in [0.717, 1.165) is 6.07 Å². The molecule has 0 spiro atoms. The SMILES string of the molecule is CC=CCOc1cc(C(=O)O)cc([N+](=O)[O-])c1C. The highest BCUT2D eigenvalue weighted by Gasteiger charge is 2.19. The van der Waals surface area contributed by atoms with Gasteiger partial charge in [0, 0.05) is 6.07 Å². The van der Waals surface area contributed by atoms with E-state index < -0.39 is 10.9 Å². The molecule has 0 aromatic heterocycles. The first-order valence-electron chi connectivity index (χ1n) is 5.23. The van der Waals surface area contributed by atoms with Crippen molar-refractivity contribution in [3.8, 4) is 5.75 Å². The Morgan fingerprint density at radius 1 is 1.56 bits per heavy atom. The number of aromatic carboxylic acids is 1. The number of nitro groups is 1. The highest BCUT2D eigenvalue weighted by molar-refractivity contribution is 5.89. The van der Waals surface area contributed by atoms with Gasteiger partial charge >= 0.3 is 5.97 Å². The van der Waals surface area contributed by atoms with Crippen LogP contribution < -0.4 is 4.74 Å². The van der Waals surface area contributed by atoms with Crippen molar-refractivity contribution in [1.29, 1.82) is 0 Å². The molecule has 0 heterocycles. The Balaban J connectivity index is 3.22. The molecule has 0 fully saturated rings. The van der Waals surface area contributed by atoms with Crippen molar-refractivity contribution in [3.63, 3.8) is 0 Å². The number of nitro benzene ring substituents is 1. The summed E-state index contributed by atoms with van der Waals surface area (Å²) in [4.78, 5) is 21.1. The van der Waals surface area contributed by atoms with Gasteiger partial charge in [0.15, 0.2) is 0 Å². The first-order valence-corrected chi connectivity index (χ1v) is 5.23. The molecule has 1 aromatic rings. The number of hydrogen-bond acceptors (Lipinski definition) is 4. The maximum Gasteiger partial charge on any atom is 0.336 e. The van der Waals surface area contributed by atoms with Gasteiger partial charge in [-0.05, 0) is 19.9 Å². The van der Waals surface area contributed by atoms with Gasteiger partial charge in [-0.1, -0.05) is 12.2 Å². The van der Waals surface area contributed by atoms with Gasteiger partial charge in [-0.3, -0.25) is 10.1 Å². The summed E-state index contributed by atoms with van der Waals surface area (Å²) in [5.41, 5.74) is -0.109. The molecule has 96 valence electrons. The maximum atomic E-state index is 10.9. The van der Waals surface area contributed by atoms with Crippen molar-refractivity contribution in [3.05, 3.63) is 45.5 Å². The van der Waals surface area contributed by atoms with Gasteiger partial charge in [-0.2, -0.15) is 0 Å². The van der Waals surface area contributed by atoms with Crippen LogP contribution >= 0.6 is 0 Å². The minimum absolute atomic E-state index is 0.164. The molecule has 0 saturated heterocycles. The standard InChI is InChI=1S/C12H13NO5/c1-3-4-5-18-11-7-9(12(14)15)6-10(8(11)2)13(16)17/h3-4,6-7H,5H2,1-2H3,(H,14,15). The number of carbonyl (C=O) groups is 1. The Kier molecular flexibility index (Phi) is 4.42. The molecule has 0 aliphatic rings. The molecular weight excluding hydrogens is 238 g/mol. The number of rotatable bonds is 5. The second-order valence-corrected chi connectivity index (χ2v) is 3.56. The molecule has 0 atom stereocenters. The van der Waals surface area contributed by atoms with Crippen molar-refractivity contribution < 1.29 is 19.6 Å². The third kappa shape index (κ3) is 3.07. The number of carboxylic acid groups (broad SMARTS) is 1. The van der Waals surface area contributed by atoms with Crippen LogP contribution in [0.5, 0.6) is 5.75 Å². The van der Waals surface area contributed by atoms with Crippen LogP contribution in [-0.2, 0) is 0 Å². The number of allylic oxidation sites excluding steroid dienone is 1. The van der Waals surface area contributed by atoms with Crippen LogP contribution in [0.2, 0.25) is 0 Å². The van der Waals surface area contributed by atoms with Crippen molar-refractivity contribution >= 4 is 11.7 Å². The second kappa shape index (κ2) is 5.81. The second-order valence-electron chi connectivity index (χ2n) is 3.56. The number of ether oxygens (including phenoxy) is 1. The van der Waals surface area contributed by atoms with E-state index in [1.54, 1.807) is 12.2 Å². The van der Waals surface area contributed by atoms with Gasteiger partial charge in [0.05, 0.1) is 16.1 Å². The number of nitrogens with zero attached hydrogens (tertiary/aromatic N) is 1. The van der Waals surface area contributed by atoms with Crippen LogP contribution in [0.1, 0.15) is 22.8 Å². The third-order valence-corrected chi connectivity index (χ3v) is 2.35. The van der Waals surface area contributed by atoms with E-state index in [4.69, 9.17) is 9.84 Å². The summed E-state index contributed by atoms with van der Waals surface area (Å²) in [7, 11) is 0. The lowest BCUT2D eigenvalue weighted by atomic mass is 10.1.